The second-order valence-electron chi connectivity index (χ2n) is 8.85. The Labute approximate surface area is 187 Å². The van der Waals surface area contributed by atoms with Crippen LogP contribution in [-0.4, -0.2) is 15.2 Å². The normalized spacial score (nSPS) is 17.2. The summed E-state index contributed by atoms with van der Waals surface area (Å²) in [5.41, 5.74) is 3.52. The quantitative estimate of drug-likeness (QED) is 0.711. The number of nitrogens with two attached hydrogens (primary N) is 1. The molecule has 2 aromatic carbocycles. The van der Waals surface area contributed by atoms with Gasteiger partial charge in [0.25, 0.3) is 5.91 Å². The molecule has 3 N–H and O–H groups in total. The van der Waals surface area contributed by atoms with Gasteiger partial charge in [-0.25, -0.2) is 13.7 Å². The summed E-state index contributed by atoms with van der Waals surface area (Å²) in [6.45, 7) is 3.21. The van der Waals surface area contributed by atoms with Gasteiger partial charge in [0, 0.05) is 0 Å². The number of rotatable bonds is 4. The minimum atomic E-state index is -3.57. The highest BCUT2D eigenvalue weighted by atomic mass is 35.5. The summed E-state index contributed by atoms with van der Waals surface area (Å²) in [6, 6.07) is 4.47. The number of hydrogen-bond acceptors (Lipinski definition) is 3. The Morgan fingerprint density at radius 3 is 2.23 bits per heavy atom. The van der Waals surface area contributed by atoms with Crippen molar-refractivity contribution in [3.63, 3.8) is 0 Å². The van der Waals surface area contributed by atoms with E-state index in [1.807, 2.05) is 0 Å². The predicted molar refractivity (Wildman–Crippen MR) is 119 cm³/mol. The fourth-order valence-electron chi connectivity index (χ4n) is 4.72. The molecule has 2 aliphatic rings. The van der Waals surface area contributed by atoms with Crippen molar-refractivity contribution in [2.75, 3.05) is 0 Å². The first-order chi connectivity index (χ1) is 14.5. The van der Waals surface area contributed by atoms with Gasteiger partial charge in [-0.1, -0.05) is 17.7 Å². The number of carbonyl (C=O) groups excluding carboxylic acids is 1. The molecular formula is C23H26ClFN2O3S. The second-order valence-corrected chi connectivity index (χ2v) is 11.0. The summed E-state index contributed by atoms with van der Waals surface area (Å²) in [6.07, 6.45) is 4.54. The molecule has 4 rings (SSSR count). The molecule has 5 nitrogen and oxygen atoms in total. The van der Waals surface area contributed by atoms with Crippen molar-refractivity contribution in [3.8, 4) is 0 Å². The van der Waals surface area contributed by atoms with Crippen LogP contribution in [0.2, 0.25) is 5.02 Å². The summed E-state index contributed by atoms with van der Waals surface area (Å²) in [4.78, 5) is 12.9. The van der Waals surface area contributed by atoms with Gasteiger partial charge in [-0.3, -0.25) is 4.79 Å². The first kappa shape index (κ1) is 22.4. The zero-order chi connectivity index (χ0) is 22.6. The molecule has 166 valence electrons. The van der Waals surface area contributed by atoms with Gasteiger partial charge in [-0.2, -0.15) is 0 Å². The highest BCUT2D eigenvalue weighted by Crippen LogP contribution is 2.38. The van der Waals surface area contributed by atoms with Crippen LogP contribution in [0.3, 0.4) is 0 Å². The lowest BCUT2D eigenvalue weighted by atomic mass is 9.91. The molecule has 1 unspecified atom stereocenters. The minimum Gasteiger partial charge on any atom is -0.386 e. The fourth-order valence-corrected chi connectivity index (χ4v) is 6.30. The molecule has 0 heterocycles. The zero-order valence-corrected chi connectivity index (χ0v) is 19.2. The van der Waals surface area contributed by atoms with E-state index in [4.69, 9.17) is 16.7 Å². The maximum atomic E-state index is 14.8. The van der Waals surface area contributed by atoms with Gasteiger partial charge < -0.3 is 5.11 Å². The summed E-state index contributed by atoms with van der Waals surface area (Å²) in [7, 11) is -3.57. The average Bonchev–Trinajstić information content (AvgIpc) is 3.33. The van der Waals surface area contributed by atoms with Crippen molar-refractivity contribution >= 4 is 27.4 Å². The minimum absolute atomic E-state index is 0.0431. The van der Waals surface area contributed by atoms with E-state index in [9.17, 15) is 18.5 Å². The van der Waals surface area contributed by atoms with Crippen LogP contribution in [0.25, 0.3) is 0 Å². The van der Waals surface area contributed by atoms with Gasteiger partial charge in [0.15, 0.2) is 0 Å². The van der Waals surface area contributed by atoms with Crippen LogP contribution >= 0.6 is 11.6 Å². The smallest absolute Gasteiger partial charge is 0.259 e. The van der Waals surface area contributed by atoms with Crippen LogP contribution in [0, 0.1) is 5.82 Å². The Hall–Kier alpha value is -1.80. The van der Waals surface area contributed by atoms with Gasteiger partial charge in [0.2, 0.25) is 0 Å². The number of nitrogens with zero attached hydrogens (tertiary/aromatic N) is 1. The SMILES string of the molecule is CC(C)(O)c1ccc(S(N)(=O)=NC(=O)Cc2c3c(c(F)c4c2CCC4)CCC3)c(Cl)c1. The molecule has 0 saturated heterocycles. The topological polar surface area (TPSA) is 92.8 Å². The van der Waals surface area contributed by atoms with Crippen LogP contribution in [0.1, 0.15) is 60.1 Å². The van der Waals surface area contributed by atoms with E-state index in [1.54, 1.807) is 19.9 Å². The molecule has 0 aromatic heterocycles. The molecule has 1 amide bonds. The average molecular weight is 465 g/mol. The van der Waals surface area contributed by atoms with Crippen molar-refractivity contribution in [3.05, 3.63) is 62.4 Å². The summed E-state index contributed by atoms with van der Waals surface area (Å²) in [5.74, 6) is -0.709. The monoisotopic (exact) mass is 464 g/mol. The molecular weight excluding hydrogens is 439 g/mol. The van der Waals surface area contributed by atoms with Crippen LogP contribution in [-0.2, 0) is 52.4 Å². The van der Waals surface area contributed by atoms with E-state index < -0.39 is 21.4 Å². The number of carbonyl (C=O) groups is 1. The lowest BCUT2D eigenvalue weighted by Crippen LogP contribution is -2.19. The molecule has 0 fully saturated rings. The molecule has 1 atom stereocenters. The molecule has 0 saturated carbocycles. The highest BCUT2D eigenvalue weighted by Gasteiger charge is 2.30. The molecule has 31 heavy (non-hydrogen) atoms. The second kappa shape index (κ2) is 7.96. The third kappa shape index (κ3) is 4.16. The fraction of sp³-hybridized carbons (Fsp3) is 0.435. The largest absolute Gasteiger partial charge is 0.386 e. The van der Waals surface area contributed by atoms with Crippen LogP contribution in [0.15, 0.2) is 27.5 Å². The number of halogens is 2. The predicted octanol–water partition coefficient (Wildman–Crippen LogP) is 4.15. The summed E-state index contributed by atoms with van der Waals surface area (Å²) >= 11 is 6.25. The molecule has 2 aromatic rings. The molecule has 0 spiro atoms. The van der Waals surface area contributed by atoms with Gasteiger partial charge in [-0.15, -0.1) is 4.36 Å². The third-order valence-corrected chi connectivity index (χ3v) is 8.10. The van der Waals surface area contributed by atoms with Gasteiger partial charge in [0.1, 0.15) is 15.7 Å². The summed E-state index contributed by atoms with van der Waals surface area (Å²) < 4.78 is 31.7. The number of fused-ring (bicyclic) bond motifs is 2. The van der Waals surface area contributed by atoms with E-state index >= 15 is 0 Å². The number of amides is 1. The van der Waals surface area contributed by atoms with E-state index in [0.29, 0.717) is 18.4 Å². The third-order valence-electron chi connectivity index (χ3n) is 6.21. The number of benzene rings is 2. The van der Waals surface area contributed by atoms with E-state index in [2.05, 4.69) is 4.36 Å². The first-order valence-corrected chi connectivity index (χ1v) is 12.4. The Balaban J connectivity index is 1.69. The molecule has 2 aliphatic carbocycles. The Bertz CT molecular complexity index is 1180. The maximum Gasteiger partial charge on any atom is 0.259 e. The zero-order valence-electron chi connectivity index (χ0n) is 17.6. The maximum absolute atomic E-state index is 14.8. The lowest BCUT2D eigenvalue weighted by molar-refractivity contribution is -0.117. The summed E-state index contributed by atoms with van der Waals surface area (Å²) in [5, 5.41) is 16.1. The Morgan fingerprint density at radius 1 is 1.16 bits per heavy atom. The number of aliphatic hydroxyl groups is 1. The first-order valence-electron chi connectivity index (χ1n) is 10.4. The molecule has 0 aliphatic heterocycles. The van der Waals surface area contributed by atoms with Crippen LogP contribution in [0.4, 0.5) is 4.39 Å². The highest BCUT2D eigenvalue weighted by molar-refractivity contribution is 7.91. The van der Waals surface area contributed by atoms with Gasteiger partial charge >= 0.3 is 0 Å². The van der Waals surface area contributed by atoms with Crippen LogP contribution < -0.4 is 5.14 Å². The Kier molecular flexibility index (Phi) is 5.75. The molecule has 0 radical (unpaired) electrons. The van der Waals surface area contributed by atoms with Crippen molar-refractivity contribution in [1.29, 1.82) is 0 Å². The van der Waals surface area contributed by atoms with Crippen molar-refractivity contribution < 1.29 is 18.5 Å². The van der Waals surface area contributed by atoms with Gasteiger partial charge in [-0.05, 0) is 97.9 Å². The van der Waals surface area contributed by atoms with Crippen molar-refractivity contribution in [1.82, 2.24) is 0 Å². The van der Waals surface area contributed by atoms with E-state index in [-0.39, 0.29) is 22.2 Å². The van der Waals surface area contributed by atoms with E-state index in [0.717, 1.165) is 53.5 Å². The van der Waals surface area contributed by atoms with Crippen molar-refractivity contribution in [2.24, 2.45) is 9.50 Å². The molecule has 8 heteroatoms. The Morgan fingerprint density at radius 2 is 1.71 bits per heavy atom. The lowest BCUT2D eigenvalue weighted by Gasteiger charge is -2.19. The molecule has 0 bridgehead atoms. The number of hydrogen-bond donors (Lipinski definition) is 2. The van der Waals surface area contributed by atoms with E-state index in [1.165, 1.54) is 12.1 Å². The van der Waals surface area contributed by atoms with Crippen LogP contribution in [0.5, 0.6) is 0 Å². The van der Waals surface area contributed by atoms with Gasteiger partial charge in [0.05, 0.1) is 21.9 Å². The van der Waals surface area contributed by atoms with Crippen molar-refractivity contribution in [2.45, 2.75) is 69.3 Å². The standard InChI is InChI=1S/C23H26ClFN2O3S/c1-23(2,29)13-9-10-20(19(24)11-13)31(26,30)27-21(28)12-18-14-5-3-7-16(14)22(25)17-8-4-6-15(17)18/h9-11,29H,3-8,12H2,1-2H3,(H2,26,27,28,30).